The average molecular weight is 297 g/mol. The molecule has 0 radical (unpaired) electrons. The molecule has 0 aromatic carbocycles. The van der Waals surface area contributed by atoms with E-state index in [1.54, 1.807) is 0 Å². The minimum Gasteiger partial charge on any atom is -0.444 e. The van der Waals surface area contributed by atoms with Gasteiger partial charge in [-0.2, -0.15) is 0 Å². The van der Waals surface area contributed by atoms with Crippen LogP contribution in [0.25, 0.3) is 0 Å². The fraction of sp³-hybridized carbons (Fsp3) is 0.733. The number of carbonyl (C=O) groups is 1. The minimum absolute atomic E-state index is 0.0281. The van der Waals surface area contributed by atoms with Crippen LogP contribution in [0.3, 0.4) is 0 Å². The molecule has 0 bridgehead atoms. The summed E-state index contributed by atoms with van der Waals surface area (Å²) in [5.74, 6) is 0.827. The molecule has 0 saturated carbocycles. The Morgan fingerprint density at radius 1 is 1.38 bits per heavy atom. The molecular weight excluding hydrogens is 270 g/mol. The molecule has 1 aromatic heterocycles. The number of alkyl carbamates (subject to hydrolysis) is 1. The number of hydrogen-bond donors (Lipinski definition) is 2. The molecule has 1 aromatic rings. The van der Waals surface area contributed by atoms with Crippen LogP contribution >= 0.6 is 0 Å². The Morgan fingerprint density at radius 3 is 2.52 bits per heavy atom. The summed E-state index contributed by atoms with van der Waals surface area (Å²) in [6.07, 6.45) is 0.446. The van der Waals surface area contributed by atoms with Gasteiger partial charge in [0, 0.05) is 24.7 Å². The van der Waals surface area contributed by atoms with Crippen LogP contribution in [0.1, 0.15) is 51.1 Å². The van der Waals surface area contributed by atoms with E-state index in [1.165, 1.54) is 0 Å². The van der Waals surface area contributed by atoms with E-state index >= 15 is 0 Å². The molecule has 1 rings (SSSR count). The zero-order valence-electron chi connectivity index (χ0n) is 13.9. The van der Waals surface area contributed by atoms with Gasteiger partial charge in [0.1, 0.15) is 11.4 Å². The van der Waals surface area contributed by atoms with E-state index in [1.807, 2.05) is 41.5 Å². The van der Waals surface area contributed by atoms with Crippen LogP contribution in [0.4, 0.5) is 4.79 Å². The van der Waals surface area contributed by atoms with Crippen molar-refractivity contribution in [1.29, 1.82) is 0 Å². The molecule has 21 heavy (non-hydrogen) atoms. The van der Waals surface area contributed by atoms with E-state index in [2.05, 4.69) is 15.8 Å². The Bertz CT molecular complexity index is 444. The van der Waals surface area contributed by atoms with Gasteiger partial charge in [-0.1, -0.05) is 12.1 Å². The second-order valence-electron chi connectivity index (χ2n) is 6.19. The van der Waals surface area contributed by atoms with Gasteiger partial charge in [0.25, 0.3) is 0 Å². The molecule has 1 unspecified atom stereocenters. The third-order valence-electron chi connectivity index (χ3n) is 3.09. The van der Waals surface area contributed by atoms with Crippen molar-refractivity contribution < 1.29 is 14.1 Å². The monoisotopic (exact) mass is 297 g/mol. The van der Waals surface area contributed by atoms with Crippen LogP contribution in [0.15, 0.2) is 4.52 Å². The maximum atomic E-state index is 11.7. The molecule has 0 fully saturated rings. The predicted molar refractivity (Wildman–Crippen MR) is 81.1 cm³/mol. The number of aromatic nitrogens is 1. The molecule has 1 amide bonds. The molecule has 0 spiro atoms. The molecule has 2 N–H and O–H groups in total. The van der Waals surface area contributed by atoms with Gasteiger partial charge in [0.15, 0.2) is 0 Å². The molecule has 0 aliphatic carbocycles. The third-order valence-corrected chi connectivity index (χ3v) is 3.09. The highest BCUT2D eigenvalue weighted by Crippen LogP contribution is 2.11. The quantitative estimate of drug-likeness (QED) is 0.844. The smallest absolute Gasteiger partial charge is 0.407 e. The van der Waals surface area contributed by atoms with Gasteiger partial charge in [-0.15, -0.1) is 0 Å². The number of nitrogens with one attached hydrogen (secondary N) is 2. The second kappa shape index (κ2) is 7.45. The van der Waals surface area contributed by atoms with Crippen LogP contribution < -0.4 is 10.6 Å². The lowest BCUT2D eigenvalue weighted by atomic mass is 10.2. The van der Waals surface area contributed by atoms with E-state index in [-0.39, 0.29) is 12.1 Å². The number of nitrogens with zero attached hydrogens (tertiary/aromatic N) is 1. The molecule has 1 heterocycles. The minimum atomic E-state index is -0.480. The van der Waals surface area contributed by atoms with Gasteiger partial charge in [-0.25, -0.2) is 4.79 Å². The van der Waals surface area contributed by atoms with Crippen molar-refractivity contribution >= 4 is 6.09 Å². The molecule has 0 aliphatic rings. The molecule has 6 heteroatoms. The number of ether oxygens (including phenoxy) is 1. The first-order valence-electron chi connectivity index (χ1n) is 7.35. The maximum Gasteiger partial charge on any atom is 0.407 e. The summed E-state index contributed by atoms with van der Waals surface area (Å²) in [6, 6.07) is 0.0281. The SMILES string of the molecule is CCC(CNCc1c(C)noc1C)NC(=O)OC(C)(C)C. The highest BCUT2D eigenvalue weighted by molar-refractivity contribution is 5.68. The van der Waals surface area contributed by atoms with E-state index in [0.717, 1.165) is 23.4 Å². The molecular formula is C15H27N3O3. The van der Waals surface area contributed by atoms with Crippen molar-refractivity contribution in [3.05, 3.63) is 17.0 Å². The number of hydrogen-bond acceptors (Lipinski definition) is 5. The van der Waals surface area contributed by atoms with E-state index in [4.69, 9.17) is 9.26 Å². The largest absolute Gasteiger partial charge is 0.444 e. The number of amides is 1. The zero-order valence-corrected chi connectivity index (χ0v) is 13.9. The van der Waals surface area contributed by atoms with Crippen LogP contribution in [-0.2, 0) is 11.3 Å². The predicted octanol–water partition coefficient (Wildman–Crippen LogP) is 2.68. The van der Waals surface area contributed by atoms with Crippen molar-refractivity contribution in [3.8, 4) is 0 Å². The van der Waals surface area contributed by atoms with Crippen molar-refractivity contribution in [2.24, 2.45) is 0 Å². The first-order chi connectivity index (χ1) is 9.73. The second-order valence-corrected chi connectivity index (χ2v) is 6.19. The summed E-state index contributed by atoms with van der Waals surface area (Å²) >= 11 is 0. The number of rotatable bonds is 6. The highest BCUT2D eigenvalue weighted by atomic mass is 16.6. The summed E-state index contributed by atoms with van der Waals surface area (Å²) in [6.45, 7) is 12.7. The average Bonchev–Trinajstić information content (AvgIpc) is 2.66. The number of aryl methyl sites for hydroxylation is 2. The van der Waals surface area contributed by atoms with Gasteiger partial charge >= 0.3 is 6.09 Å². The fourth-order valence-corrected chi connectivity index (χ4v) is 1.90. The van der Waals surface area contributed by atoms with Gasteiger partial charge in [0.05, 0.1) is 5.69 Å². The van der Waals surface area contributed by atoms with Gasteiger partial charge in [0.2, 0.25) is 0 Å². The Kier molecular flexibility index (Phi) is 6.20. The van der Waals surface area contributed by atoms with E-state index in [9.17, 15) is 4.79 Å². The Hall–Kier alpha value is -1.56. The summed E-state index contributed by atoms with van der Waals surface area (Å²) in [5, 5.41) is 10.1. The Labute approximate surface area is 126 Å². The van der Waals surface area contributed by atoms with Crippen molar-refractivity contribution in [2.75, 3.05) is 6.54 Å². The first-order valence-corrected chi connectivity index (χ1v) is 7.35. The molecule has 1 atom stereocenters. The topological polar surface area (TPSA) is 76.4 Å². The first kappa shape index (κ1) is 17.5. The fourth-order valence-electron chi connectivity index (χ4n) is 1.90. The Balaban J connectivity index is 2.39. The molecule has 0 aliphatic heterocycles. The molecule has 6 nitrogen and oxygen atoms in total. The van der Waals surface area contributed by atoms with E-state index in [0.29, 0.717) is 13.1 Å². The summed E-state index contributed by atoms with van der Waals surface area (Å²) in [7, 11) is 0. The molecule has 0 saturated heterocycles. The summed E-state index contributed by atoms with van der Waals surface area (Å²) < 4.78 is 10.4. The lowest BCUT2D eigenvalue weighted by Gasteiger charge is -2.23. The van der Waals surface area contributed by atoms with E-state index < -0.39 is 5.60 Å². The molecule has 120 valence electrons. The van der Waals surface area contributed by atoms with Gasteiger partial charge < -0.3 is 19.9 Å². The maximum absolute atomic E-state index is 11.7. The number of carbonyl (C=O) groups excluding carboxylic acids is 1. The van der Waals surface area contributed by atoms with Crippen molar-refractivity contribution in [2.45, 2.75) is 66.2 Å². The van der Waals surface area contributed by atoms with Crippen molar-refractivity contribution in [3.63, 3.8) is 0 Å². The standard InChI is InChI=1S/C15H27N3O3/c1-7-12(17-14(19)20-15(4,5)6)8-16-9-13-10(2)18-21-11(13)3/h12,16H,7-9H2,1-6H3,(H,17,19). The van der Waals surface area contributed by atoms with Crippen molar-refractivity contribution in [1.82, 2.24) is 15.8 Å². The van der Waals surface area contributed by atoms with Crippen LogP contribution in [0.2, 0.25) is 0 Å². The van der Waals surface area contributed by atoms with Crippen LogP contribution in [0.5, 0.6) is 0 Å². The third kappa shape index (κ3) is 6.16. The van der Waals surface area contributed by atoms with Gasteiger partial charge in [-0.3, -0.25) is 0 Å². The lowest BCUT2D eigenvalue weighted by Crippen LogP contribution is -2.43. The summed E-state index contributed by atoms with van der Waals surface area (Å²) in [5.41, 5.74) is 1.49. The normalized spacial score (nSPS) is 13.0. The van der Waals surface area contributed by atoms with Crippen LogP contribution in [0, 0.1) is 13.8 Å². The zero-order chi connectivity index (χ0) is 16.0. The lowest BCUT2D eigenvalue weighted by molar-refractivity contribution is 0.0502. The highest BCUT2D eigenvalue weighted by Gasteiger charge is 2.18. The summed E-state index contributed by atoms with van der Waals surface area (Å²) in [4.78, 5) is 11.7. The van der Waals surface area contributed by atoms with Gasteiger partial charge in [-0.05, 0) is 41.0 Å². The van der Waals surface area contributed by atoms with Crippen LogP contribution in [-0.4, -0.2) is 29.4 Å². The Morgan fingerprint density at radius 2 is 2.05 bits per heavy atom.